The second kappa shape index (κ2) is 7.26. The number of rotatable bonds is 4. The molecule has 1 atom stereocenters. The molecule has 0 amide bonds. The first-order valence-corrected chi connectivity index (χ1v) is 8.46. The molecule has 0 spiro atoms. The third kappa shape index (κ3) is 3.85. The van der Waals surface area contributed by atoms with Crippen LogP contribution < -0.4 is 4.90 Å². The molecule has 2 nitrogen and oxygen atoms in total. The van der Waals surface area contributed by atoms with Crippen LogP contribution in [0.4, 0.5) is 5.69 Å². The number of benzene rings is 1. The molecule has 110 valence electrons. The van der Waals surface area contributed by atoms with Gasteiger partial charge in [-0.25, -0.2) is 0 Å². The number of halogens is 1. The highest BCUT2D eigenvalue weighted by atomic mass is 79.9. The SMILES string of the molecule is CCCC1CCCN(c2ccc(C(C)=O)c(Br)c2)CC1. The molecule has 1 heterocycles. The van der Waals surface area contributed by atoms with Gasteiger partial charge >= 0.3 is 0 Å². The van der Waals surface area contributed by atoms with Crippen molar-refractivity contribution in [1.82, 2.24) is 0 Å². The van der Waals surface area contributed by atoms with Gasteiger partial charge in [-0.05, 0) is 66.2 Å². The summed E-state index contributed by atoms with van der Waals surface area (Å²) in [4.78, 5) is 13.9. The number of nitrogens with zero attached hydrogens (tertiary/aromatic N) is 1. The highest BCUT2D eigenvalue weighted by molar-refractivity contribution is 9.10. The molecule has 1 unspecified atom stereocenters. The topological polar surface area (TPSA) is 20.3 Å². The molecule has 1 fully saturated rings. The van der Waals surface area contributed by atoms with Crippen molar-refractivity contribution < 1.29 is 4.79 Å². The molecule has 20 heavy (non-hydrogen) atoms. The van der Waals surface area contributed by atoms with Crippen molar-refractivity contribution in [2.45, 2.75) is 46.0 Å². The second-order valence-electron chi connectivity index (χ2n) is 5.79. The molecule has 1 aliphatic rings. The fraction of sp³-hybridized carbons (Fsp3) is 0.588. The molecule has 0 bridgehead atoms. The van der Waals surface area contributed by atoms with E-state index in [-0.39, 0.29) is 5.78 Å². The van der Waals surface area contributed by atoms with Gasteiger partial charge in [-0.3, -0.25) is 4.79 Å². The van der Waals surface area contributed by atoms with Crippen molar-refractivity contribution in [3.8, 4) is 0 Å². The Balaban J connectivity index is 2.08. The minimum absolute atomic E-state index is 0.113. The third-order valence-electron chi connectivity index (χ3n) is 4.24. The Morgan fingerprint density at radius 1 is 1.35 bits per heavy atom. The maximum Gasteiger partial charge on any atom is 0.160 e. The Hall–Kier alpha value is -0.830. The zero-order valence-corrected chi connectivity index (χ0v) is 14.1. The van der Waals surface area contributed by atoms with Crippen LogP contribution in [0.15, 0.2) is 22.7 Å². The number of hydrogen-bond donors (Lipinski definition) is 0. The highest BCUT2D eigenvalue weighted by Crippen LogP contribution is 2.28. The second-order valence-corrected chi connectivity index (χ2v) is 6.65. The monoisotopic (exact) mass is 337 g/mol. The van der Waals surface area contributed by atoms with Gasteiger partial charge in [-0.2, -0.15) is 0 Å². The van der Waals surface area contributed by atoms with Crippen LogP contribution in [-0.2, 0) is 0 Å². The van der Waals surface area contributed by atoms with E-state index in [4.69, 9.17) is 0 Å². The van der Waals surface area contributed by atoms with E-state index in [0.717, 1.165) is 29.0 Å². The minimum atomic E-state index is 0.113. The molecule has 2 rings (SSSR count). The maximum atomic E-state index is 11.5. The van der Waals surface area contributed by atoms with Crippen molar-refractivity contribution >= 4 is 27.4 Å². The summed E-state index contributed by atoms with van der Waals surface area (Å²) in [7, 11) is 0. The lowest BCUT2D eigenvalue weighted by Crippen LogP contribution is -2.24. The van der Waals surface area contributed by atoms with E-state index >= 15 is 0 Å². The number of Topliss-reactive ketones (excluding diaryl/α,β-unsaturated/α-hetero) is 1. The third-order valence-corrected chi connectivity index (χ3v) is 4.90. The van der Waals surface area contributed by atoms with Gasteiger partial charge in [0.05, 0.1) is 0 Å². The van der Waals surface area contributed by atoms with Gasteiger partial charge in [0.2, 0.25) is 0 Å². The summed E-state index contributed by atoms with van der Waals surface area (Å²) in [6, 6.07) is 6.12. The summed E-state index contributed by atoms with van der Waals surface area (Å²) in [6.07, 6.45) is 6.58. The molecular weight excluding hydrogens is 314 g/mol. The van der Waals surface area contributed by atoms with E-state index in [1.165, 1.54) is 37.8 Å². The Kier molecular flexibility index (Phi) is 5.64. The first kappa shape index (κ1) is 15.6. The van der Waals surface area contributed by atoms with Crippen LogP contribution in [0.25, 0.3) is 0 Å². The van der Waals surface area contributed by atoms with Crippen LogP contribution in [0.2, 0.25) is 0 Å². The van der Waals surface area contributed by atoms with Crippen molar-refractivity contribution in [3.63, 3.8) is 0 Å². The standard InChI is InChI=1S/C17H24BrNO/c1-3-5-14-6-4-10-19(11-9-14)15-7-8-16(13(2)20)17(18)12-15/h7-8,12,14H,3-6,9-11H2,1-2H3. The van der Waals surface area contributed by atoms with Gasteiger partial charge in [0.15, 0.2) is 5.78 Å². The van der Waals surface area contributed by atoms with Gasteiger partial charge < -0.3 is 4.90 Å². The molecule has 1 aliphatic heterocycles. The summed E-state index contributed by atoms with van der Waals surface area (Å²) < 4.78 is 0.914. The van der Waals surface area contributed by atoms with Gasteiger partial charge in [-0.15, -0.1) is 0 Å². The minimum Gasteiger partial charge on any atom is -0.371 e. The normalized spacial score (nSPS) is 19.8. The van der Waals surface area contributed by atoms with E-state index in [2.05, 4.69) is 39.9 Å². The average molecular weight is 338 g/mol. The predicted octanol–water partition coefficient (Wildman–Crippen LogP) is 5.06. The number of carbonyl (C=O) groups is 1. The van der Waals surface area contributed by atoms with Gasteiger partial charge in [0.1, 0.15) is 0 Å². The van der Waals surface area contributed by atoms with Crippen molar-refractivity contribution in [3.05, 3.63) is 28.2 Å². The van der Waals surface area contributed by atoms with Crippen LogP contribution in [-0.4, -0.2) is 18.9 Å². The number of hydrogen-bond acceptors (Lipinski definition) is 2. The summed E-state index contributed by atoms with van der Waals surface area (Å²) in [6.45, 7) is 6.16. The van der Waals surface area contributed by atoms with E-state index in [0.29, 0.717) is 0 Å². The summed E-state index contributed by atoms with van der Waals surface area (Å²) in [5.41, 5.74) is 2.01. The first-order valence-electron chi connectivity index (χ1n) is 7.67. The number of carbonyl (C=O) groups excluding carboxylic acids is 1. The van der Waals surface area contributed by atoms with Gasteiger partial charge in [0.25, 0.3) is 0 Å². The molecule has 3 heteroatoms. The van der Waals surface area contributed by atoms with Crippen LogP contribution in [0.3, 0.4) is 0 Å². The zero-order chi connectivity index (χ0) is 14.5. The molecule has 0 N–H and O–H groups in total. The molecule has 0 saturated carbocycles. The largest absolute Gasteiger partial charge is 0.371 e. The molecule has 1 aromatic carbocycles. The number of anilines is 1. The van der Waals surface area contributed by atoms with E-state index in [1.54, 1.807) is 6.92 Å². The maximum absolute atomic E-state index is 11.5. The van der Waals surface area contributed by atoms with E-state index in [1.807, 2.05) is 6.07 Å². The predicted molar refractivity (Wildman–Crippen MR) is 88.6 cm³/mol. The van der Waals surface area contributed by atoms with E-state index in [9.17, 15) is 4.79 Å². The highest BCUT2D eigenvalue weighted by Gasteiger charge is 2.17. The fourth-order valence-corrected chi connectivity index (χ4v) is 3.75. The quantitative estimate of drug-likeness (QED) is 0.716. The van der Waals surface area contributed by atoms with Crippen molar-refractivity contribution in [2.75, 3.05) is 18.0 Å². The van der Waals surface area contributed by atoms with Crippen LogP contribution in [0.5, 0.6) is 0 Å². The molecule has 1 saturated heterocycles. The molecule has 0 aliphatic carbocycles. The Morgan fingerprint density at radius 3 is 2.80 bits per heavy atom. The van der Waals surface area contributed by atoms with Crippen LogP contribution in [0, 0.1) is 5.92 Å². The van der Waals surface area contributed by atoms with Gasteiger partial charge in [-0.1, -0.05) is 19.8 Å². The lowest BCUT2D eigenvalue weighted by Gasteiger charge is -2.23. The Bertz CT molecular complexity index is 472. The smallest absolute Gasteiger partial charge is 0.160 e. The van der Waals surface area contributed by atoms with Crippen LogP contribution >= 0.6 is 15.9 Å². The summed E-state index contributed by atoms with van der Waals surface area (Å²) in [5.74, 6) is 1.01. The Labute approximate surface area is 130 Å². The van der Waals surface area contributed by atoms with E-state index < -0.39 is 0 Å². The van der Waals surface area contributed by atoms with Crippen molar-refractivity contribution in [1.29, 1.82) is 0 Å². The Morgan fingerprint density at radius 2 is 2.15 bits per heavy atom. The first-order chi connectivity index (χ1) is 9.61. The number of ketones is 1. The lowest BCUT2D eigenvalue weighted by atomic mass is 9.96. The summed E-state index contributed by atoms with van der Waals surface area (Å²) >= 11 is 3.52. The summed E-state index contributed by atoms with van der Waals surface area (Å²) in [5, 5.41) is 0. The molecule has 0 radical (unpaired) electrons. The fourth-order valence-electron chi connectivity index (χ4n) is 3.11. The molecular formula is C17H24BrNO. The average Bonchev–Trinajstić information content (AvgIpc) is 2.64. The van der Waals surface area contributed by atoms with Crippen molar-refractivity contribution in [2.24, 2.45) is 5.92 Å². The molecule has 1 aromatic rings. The molecule has 0 aromatic heterocycles. The van der Waals surface area contributed by atoms with Crippen LogP contribution in [0.1, 0.15) is 56.3 Å². The lowest BCUT2D eigenvalue weighted by molar-refractivity contribution is 0.101. The zero-order valence-electron chi connectivity index (χ0n) is 12.5. The van der Waals surface area contributed by atoms with Gasteiger partial charge in [0, 0.05) is 28.8 Å².